The Labute approximate surface area is 166 Å². The summed E-state index contributed by atoms with van der Waals surface area (Å²) in [5.41, 5.74) is 1.77. The second-order valence-corrected chi connectivity index (χ2v) is 8.59. The fraction of sp³-hybridized carbons (Fsp3) is 0.474. The van der Waals surface area contributed by atoms with Crippen molar-refractivity contribution in [3.8, 4) is 0 Å². The number of nitrogens with one attached hydrogen (secondary N) is 2. The molecule has 1 saturated heterocycles. The van der Waals surface area contributed by atoms with Crippen LogP contribution >= 0.6 is 0 Å². The third-order valence-electron chi connectivity index (χ3n) is 4.50. The first-order valence-electron chi connectivity index (χ1n) is 9.34. The predicted molar refractivity (Wildman–Crippen MR) is 109 cm³/mol. The molecule has 1 aliphatic rings. The Balaban J connectivity index is 1.58. The summed E-state index contributed by atoms with van der Waals surface area (Å²) in [5, 5.41) is 3.18. The fourth-order valence-corrected chi connectivity index (χ4v) is 4.41. The molecule has 1 fully saturated rings. The second-order valence-electron chi connectivity index (χ2n) is 6.85. The maximum atomic E-state index is 12.5. The number of aromatic nitrogens is 2. The normalized spacial score (nSPS) is 14.9. The summed E-state index contributed by atoms with van der Waals surface area (Å²) in [6.07, 6.45) is 0. The molecule has 0 amide bonds. The number of morpholine rings is 1. The van der Waals surface area contributed by atoms with Gasteiger partial charge in [0.2, 0.25) is 10.0 Å². The van der Waals surface area contributed by atoms with Crippen molar-refractivity contribution >= 4 is 21.7 Å². The number of nitrogens with zero attached hydrogens (tertiary/aromatic N) is 3. The molecular formula is C19H27N5O3S. The van der Waals surface area contributed by atoms with Crippen LogP contribution in [-0.2, 0) is 14.8 Å². The summed E-state index contributed by atoms with van der Waals surface area (Å²) >= 11 is 0. The van der Waals surface area contributed by atoms with Crippen LogP contribution in [0.3, 0.4) is 0 Å². The topological polar surface area (TPSA) is 96.5 Å². The van der Waals surface area contributed by atoms with Crippen LogP contribution in [0.15, 0.2) is 29.2 Å². The van der Waals surface area contributed by atoms with Gasteiger partial charge in [-0.15, -0.1) is 0 Å². The van der Waals surface area contributed by atoms with E-state index >= 15 is 0 Å². The number of hydrogen-bond donors (Lipinski definition) is 2. The summed E-state index contributed by atoms with van der Waals surface area (Å²) in [5.74, 6) is 2.20. The zero-order valence-corrected chi connectivity index (χ0v) is 17.3. The highest BCUT2D eigenvalue weighted by atomic mass is 32.2. The second kappa shape index (κ2) is 8.85. The van der Waals surface area contributed by atoms with E-state index in [-0.39, 0.29) is 6.54 Å². The lowest BCUT2D eigenvalue weighted by molar-refractivity contribution is 0.122. The number of ether oxygens (including phenoxy) is 1. The molecule has 0 saturated carbocycles. The van der Waals surface area contributed by atoms with Crippen LogP contribution in [-0.4, -0.2) is 57.8 Å². The van der Waals surface area contributed by atoms with Gasteiger partial charge in [0, 0.05) is 32.2 Å². The molecule has 0 spiro atoms. The van der Waals surface area contributed by atoms with E-state index in [4.69, 9.17) is 4.74 Å². The van der Waals surface area contributed by atoms with Gasteiger partial charge in [-0.05, 0) is 32.4 Å². The van der Waals surface area contributed by atoms with Crippen LogP contribution in [0.1, 0.15) is 17.0 Å². The molecule has 1 aliphatic heterocycles. The van der Waals surface area contributed by atoms with E-state index in [9.17, 15) is 8.42 Å². The van der Waals surface area contributed by atoms with Crippen molar-refractivity contribution in [3.63, 3.8) is 0 Å². The quantitative estimate of drug-likeness (QED) is 0.676. The van der Waals surface area contributed by atoms with Gasteiger partial charge in [-0.3, -0.25) is 0 Å². The minimum Gasteiger partial charge on any atom is -0.378 e. The van der Waals surface area contributed by atoms with Gasteiger partial charge in [-0.25, -0.2) is 23.1 Å². The standard InChI is InChI=1S/C19H27N5O3S/c1-14-4-5-17(15(2)12-14)28(25,26)21-7-6-20-18-13-19(23-16(3)22-18)24-8-10-27-11-9-24/h4-5,12-13,21H,6-11H2,1-3H3,(H,20,22,23). The third kappa shape index (κ3) is 5.18. The van der Waals surface area contributed by atoms with Gasteiger partial charge in [0.25, 0.3) is 0 Å². The van der Waals surface area contributed by atoms with Crippen molar-refractivity contribution in [1.82, 2.24) is 14.7 Å². The molecule has 1 aromatic heterocycles. The Hall–Kier alpha value is -2.23. The van der Waals surface area contributed by atoms with Crippen molar-refractivity contribution in [2.45, 2.75) is 25.7 Å². The lowest BCUT2D eigenvalue weighted by Gasteiger charge is -2.28. The highest BCUT2D eigenvalue weighted by Gasteiger charge is 2.16. The zero-order chi connectivity index (χ0) is 20.1. The van der Waals surface area contributed by atoms with E-state index < -0.39 is 10.0 Å². The Morgan fingerprint density at radius 1 is 1.07 bits per heavy atom. The molecule has 0 atom stereocenters. The largest absolute Gasteiger partial charge is 0.378 e. The molecule has 0 aliphatic carbocycles. The summed E-state index contributed by atoms with van der Waals surface area (Å²) in [4.78, 5) is 11.3. The zero-order valence-electron chi connectivity index (χ0n) is 16.5. The highest BCUT2D eigenvalue weighted by molar-refractivity contribution is 7.89. The summed E-state index contributed by atoms with van der Waals surface area (Å²) in [6, 6.07) is 7.19. The van der Waals surface area contributed by atoms with E-state index in [0.717, 1.165) is 30.0 Å². The third-order valence-corrected chi connectivity index (χ3v) is 6.12. The van der Waals surface area contributed by atoms with Gasteiger partial charge in [0.15, 0.2) is 0 Å². The van der Waals surface area contributed by atoms with Gasteiger partial charge in [-0.1, -0.05) is 17.7 Å². The molecule has 0 bridgehead atoms. The molecule has 3 rings (SSSR count). The SMILES string of the molecule is Cc1ccc(S(=O)(=O)NCCNc2cc(N3CCOCC3)nc(C)n2)c(C)c1. The number of anilines is 2. The van der Waals surface area contributed by atoms with Crippen LogP contribution < -0.4 is 14.9 Å². The van der Waals surface area contributed by atoms with Gasteiger partial charge < -0.3 is 15.0 Å². The van der Waals surface area contributed by atoms with Crippen LogP contribution in [0, 0.1) is 20.8 Å². The van der Waals surface area contributed by atoms with Gasteiger partial charge in [-0.2, -0.15) is 0 Å². The van der Waals surface area contributed by atoms with Gasteiger partial charge in [0.1, 0.15) is 17.5 Å². The molecule has 2 aromatic rings. The van der Waals surface area contributed by atoms with E-state index in [0.29, 0.717) is 36.3 Å². The Morgan fingerprint density at radius 2 is 1.82 bits per heavy atom. The van der Waals surface area contributed by atoms with Crippen molar-refractivity contribution < 1.29 is 13.2 Å². The maximum Gasteiger partial charge on any atom is 0.240 e. The summed E-state index contributed by atoms with van der Waals surface area (Å²) < 4.78 is 33.0. The van der Waals surface area contributed by atoms with Crippen molar-refractivity contribution in [2.24, 2.45) is 0 Å². The van der Waals surface area contributed by atoms with E-state index in [1.807, 2.05) is 26.0 Å². The monoisotopic (exact) mass is 405 g/mol. The molecule has 28 heavy (non-hydrogen) atoms. The average Bonchev–Trinajstić information content (AvgIpc) is 2.65. The molecule has 0 radical (unpaired) electrons. The fourth-order valence-electron chi connectivity index (χ4n) is 3.15. The number of sulfonamides is 1. The number of hydrogen-bond acceptors (Lipinski definition) is 7. The summed E-state index contributed by atoms with van der Waals surface area (Å²) in [7, 11) is -3.54. The molecule has 152 valence electrons. The molecule has 9 heteroatoms. The first kappa shape index (κ1) is 20.5. The predicted octanol–water partition coefficient (Wildman–Crippen LogP) is 1.63. The lowest BCUT2D eigenvalue weighted by atomic mass is 10.2. The summed E-state index contributed by atoms with van der Waals surface area (Å²) in [6.45, 7) is 9.23. The van der Waals surface area contributed by atoms with E-state index in [1.165, 1.54) is 0 Å². The smallest absolute Gasteiger partial charge is 0.240 e. The van der Waals surface area contributed by atoms with Crippen molar-refractivity contribution in [3.05, 3.63) is 41.2 Å². The van der Waals surface area contributed by atoms with Gasteiger partial charge >= 0.3 is 0 Å². The average molecular weight is 406 g/mol. The first-order valence-corrected chi connectivity index (χ1v) is 10.8. The van der Waals surface area contributed by atoms with E-state index in [1.54, 1.807) is 19.1 Å². The minimum absolute atomic E-state index is 0.256. The molecule has 2 heterocycles. The van der Waals surface area contributed by atoms with Crippen LogP contribution in [0.4, 0.5) is 11.6 Å². The maximum absolute atomic E-state index is 12.5. The van der Waals surface area contributed by atoms with Gasteiger partial charge in [0.05, 0.1) is 18.1 Å². The Kier molecular flexibility index (Phi) is 6.48. The highest BCUT2D eigenvalue weighted by Crippen LogP contribution is 2.18. The van der Waals surface area contributed by atoms with Crippen LogP contribution in [0.25, 0.3) is 0 Å². The van der Waals surface area contributed by atoms with Crippen LogP contribution in [0.2, 0.25) is 0 Å². The van der Waals surface area contributed by atoms with E-state index in [2.05, 4.69) is 24.9 Å². The minimum atomic E-state index is -3.54. The van der Waals surface area contributed by atoms with Crippen molar-refractivity contribution in [1.29, 1.82) is 0 Å². The number of benzene rings is 1. The Bertz CT molecular complexity index is 927. The molecule has 2 N–H and O–H groups in total. The lowest BCUT2D eigenvalue weighted by Crippen LogP contribution is -2.37. The first-order chi connectivity index (χ1) is 13.3. The number of rotatable bonds is 7. The number of aryl methyl sites for hydroxylation is 3. The Morgan fingerprint density at radius 3 is 2.54 bits per heavy atom. The van der Waals surface area contributed by atoms with Crippen LogP contribution in [0.5, 0.6) is 0 Å². The molecule has 1 aromatic carbocycles. The molecule has 8 nitrogen and oxygen atoms in total. The molecular weight excluding hydrogens is 378 g/mol. The van der Waals surface area contributed by atoms with Crippen molar-refractivity contribution in [2.75, 3.05) is 49.6 Å². The molecule has 0 unspecified atom stereocenters.